The molecule has 1 N–H and O–H groups in total. The summed E-state index contributed by atoms with van der Waals surface area (Å²) >= 11 is 3.44. The molecule has 19 heavy (non-hydrogen) atoms. The van der Waals surface area contributed by atoms with E-state index in [1.165, 1.54) is 0 Å². The number of carbonyl (C=O) groups excluding carboxylic acids is 1. The Kier molecular flexibility index (Phi) is 3.76. The molecule has 0 aromatic heterocycles. The molecule has 1 heterocycles. The summed E-state index contributed by atoms with van der Waals surface area (Å²) in [5, 5.41) is 3.36. The highest BCUT2D eigenvalue weighted by molar-refractivity contribution is 9.10. The summed E-state index contributed by atoms with van der Waals surface area (Å²) in [4.78, 5) is 14.0. The molecule has 1 aliphatic rings. The Hall–Kier alpha value is -1.23. The first-order valence-corrected chi connectivity index (χ1v) is 7.12. The van der Waals surface area contributed by atoms with E-state index in [-0.39, 0.29) is 12.1 Å². The van der Waals surface area contributed by atoms with Gasteiger partial charge in [0.1, 0.15) is 5.60 Å². The Bertz CT molecular complexity index is 497. The van der Waals surface area contributed by atoms with Crippen molar-refractivity contribution in [2.75, 3.05) is 16.8 Å². The number of halogens is 1. The van der Waals surface area contributed by atoms with Gasteiger partial charge in [-0.1, -0.05) is 15.9 Å². The summed E-state index contributed by atoms with van der Waals surface area (Å²) in [5.74, 6) is 0. The fourth-order valence-corrected chi connectivity index (χ4v) is 2.37. The Labute approximate surface area is 122 Å². The molecule has 1 aromatic carbocycles. The van der Waals surface area contributed by atoms with Gasteiger partial charge in [-0.3, -0.25) is 4.90 Å². The summed E-state index contributed by atoms with van der Waals surface area (Å²) in [7, 11) is 0. The van der Waals surface area contributed by atoms with Gasteiger partial charge in [-0.2, -0.15) is 0 Å². The van der Waals surface area contributed by atoms with Crippen LogP contribution in [0.5, 0.6) is 0 Å². The normalized spacial score (nSPS) is 18.6. The Morgan fingerprint density at radius 2 is 2.16 bits per heavy atom. The molecule has 0 bridgehead atoms. The molecule has 0 aliphatic carbocycles. The minimum absolute atomic E-state index is 0.196. The molecule has 0 spiro atoms. The van der Waals surface area contributed by atoms with E-state index in [2.05, 4.69) is 21.2 Å². The fraction of sp³-hybridized carbons (Fsp3) is 0.500. The van der Waals surface area contributed by atoms with Crippen LogP contribution >= 0.6 is 15.9 Å². The maximum atomic E-state index is 12.3. The van der Waals surface area contributed by atoms with E-state index < -0.39 is 5.60 Å². The summed E-state index contributed by atoms with van der Waals surface area (Å²) in [6.07, 6.45) is -0.305. The molecule has 104 valence electrons. The molecule has 1 aromatic rings. The van der Waals surface area contributed by atoms with E-state index in [0.29, 0.717) is 6.54 Å². The average molecular weight is 327 g/mol. The topological polar surface area (TPSA) is 41.6 Å². The average Bonchev–Trinajstić information content (AvgIpc) is 2.26. The van der Waals surface area contributed by atoms with Crippen molar-refractivity contribution in [2.45, 2.75) is 39.3 Å². The van der Waals surface area contributed by atoms with Gasteiger partial charge < -0.3 is 10.1 Å². The van der Waals surface area contributed by atoms with Crippen molar-refractivity contribution in [3.8, 4) is 0 Å². The number of ether oxygens (including phenoxy) is 1. The monoisotopic (exact) mass is 326 g/mol. The first-order valence-electron chi connectivity index (χ1n) is 6.33. The predicted molar refractivity (Wildman–Crippen MR) is 80.8 cm³/mol. The Morgan fingerprint density at radius 1 is 1.47 bits per heavy atom. The molecule has 1 amide bonds. The third-order valence-electron chi connectivity index (χ3n) is 2.72. The van der Waals surface area contributed by atoms with Gasteiger partial charge in [0.2, 0.25) is 0 Å². The van der Waals surface area contributed by atoms with Gasteiger partial charge in [0, 0.05) is 17.1 Å². The fourth-order valence-electron chi connectivity index (χ4n) is 2.02. The smallest absolute Gasteiger partial charge is 0.414 e. The largest absolute Gasteiger partial charge is 0.443 e. The van der Waals surface area contributed by atoms with Crippen LogP contribution in [-0.2, 0) is 4.74 Å². The predicted octanol–water partition coefficient (Wildman–Crippen LogP) is 4.00. The second-order valence-corrected chi connectivity index (χ2v) is 6.71. The van der Waals surface area contributed by atoms with Crippen molar-refractivity contribution in [1.29, 1.82) is 0 Å². The van der Waals surface area contributed by atoms with Gasteiger partial charge >= 0.3 is 6.09 Å². The lowest BCUT2D eigenvalue weighted by Gasteiger charge is -2.35. The second-order valence-electron chi connectivity index (χ2n) is 5.80. The lowest BCUT2D eigenvalue weighted by atomic mass is 10.1. The number of nitrogens with one attached hydrogen (secondary N) is 1. The van der Waals surface area contributed by atoms with Crippen LogP contribution in [0.25, 0.3) is 0 Å². The zero-order valence-electron chi connectivity index (χ0n) is 11.7. The highest BCUT2D eigenvalue weighted by atomic mass is 79.9. The van der Waals surface area contributed by atoms with Crippen LogP contribution in [0.3, 0.4) is 0 Å². The van der Waals surface area contributed by atoms with Gasteiger partial charge in [0.05, 0.1) is 11.4 Å². The SMILES string of the molecule is C[C@@H]1CN(C(=O)OC(C)(C)C)c2cc(Br)ccc2N1. The zero-order valence-corrected chi connectivity index (χ0v) is 13.2. The summed E-state index contributed by atoms with van der Waals surface area (Å²) < 4.78 is 6.41. The van der Waals surface area contributed by atoms with Gasteiger partial charge in [-0.05, 0) is 45.9 Å². The van der Waals surface area contributed by atoms with Crippen molar-refractivity contribution in [1.82, 2.24) is 0 Å². The van der Waals surface area contributed by atoms with E-state index in [0.717, 1.165) is 15.8 Å². The van der Waals surface area contributed by atoms with Gasteiger partial charge in [-0.25, -0.2) is 4.79 Å². The highest BCUT2D eigenvalue weighted by Crippen LogP contribution is 2.34. The van der Waals surface area contributed by atoms with Crippen molar-refractivity contribution < 1.29 is 9.53 Å². The van der Waals surface area contributed by atoms with Crippen LogP contribution in [0.15, 0.2) is 22.7 Å². The van der Waals surface area contributed by atoms with Crippen LogP contribution in [0.4, 0.5) is 16.2 Å². The molecule has 0 fully saturated rings. The molecule has 2 rings (SSSR count). The Balaban J connectivity index is 2.32. The molecule has 5 heteroatoms. The van der Waals surface area contributed by atoms with Gasteiger partial charge in [0.25, 0.3) is 0 Å². The number of amides is 1. The minimum atomic E-state index is -0.489. The quantitative estimate of drug-likeness (QED) is 0.783. The van der Waals surface area contributed by atoms with Crippen LogP contribution in [-0.4, -0.2) is 24.3 Å². The summed E-state index contributed by atoms with van der Waals surface area (Å²) in [5.41, 5.74) is 1.31. The van der Waals surface area contributed by atoms with E-state index in [1.807, 2.05) is 45.9 Å². The molecule has 1 atom stereocenters. The number of rotatable bonds is 0. The minimum Gasteiger partial charge on any atom is -0.443 e. The Morgan fingerprint density at radius 3 is 2.79 bits per heavy atom. The van der Waals surface area contributed by atoms with Gasteiger partial charge in [-0.15, -0.1) is 0 Å². The van der Waals surface area contributed by atoms with Crippen LogP contribution < -0.4 is 10.2 Å². The van der Waals surface area contributed by atoms with Crippen molar-refractivity contribution >= 4 is 33.4 Å². The summed E-state index contributed by atoms with van der Waals surface area (Å²) in [6, 6.07) is 6.04. The molecular formula is C14H19BrN2O2. The van der Waals surface area contributed by atoms with Crippen LogP contribution in [0.1, 0.15) is 27.7 Å². The van der Waals surface area contributed by atoms with Crippen molar-refractivity contribution in [3.05, 3.63) is 22.7 Å². The van der Waals surface area contributed by atoms with Crippen LogP contribution in [0.2, 0.25) is 0 Å². The molecule has 0 saturated carbocycles. The third kappa shape index (κ3) is 3.41. The van der Waals surface area contributed by atoms with Crippen molar-refractivity contribution in [2.24, 2.45) is 0 Å². The number of fused-ring (bicyclic) bond motifs is 1. The molecule has 0 radical (unpaired) electrons. The molecule has 0 saturated heterocycles. The molecule has 1 aliphatic heterocycles. The first kappa shape index (κ1) is 14.2. The first-order chi connectivity index (χ1) is 8.76. The second kappa shape index (κ2) is 5.04. The van der Waals surface area contributed by atoms with E-state index in [1.54, 1.807) is 4.90 Å². The number of carbonyl (C=O) groups is 1. The number of hydrogen-bond donors (Lipinski definition) is 1. The summed E-state index contributed by atoms with van der Waals surface area (Å²) in [6.45, 7) is 8.26. The van der Waals surface area contributed by atoms with Crippen molar-refractivity contribution in [3.63, 3.8) is 0 Å². The highest BCUT2D eigenvalue weighted by Gasteiger charge is 2.29. The number of benzene rings is 1. The maximum absolute atomic E-state index is 12.3. The van der Waals surface area contributed by atoms with E-state index in [4.69, 9.17) is 4.74 Å². The van der Waals surface area contributed by atoms with E-state index in [9.17, 15) is 4.79 Å². The zero-order chi connectivity index (χ0) is 14.2. The number of hydrogen-bond acceptors (Lipinski definition) is 3. The van der Waals surface area contributed by atoms with Crippen LogP contribution in [0, 0.1) is 0 Å². The third-order valence-corrected chi connectivity index (χ3v) is 3.22. The van der Waals surface area contributed by atoms with Gasteiger partial charge in [0.15, 0.2) is 0 Å². The number of anilines is 2. The maximum Gasteiger partial charge on any atom is 0.414 e. The molecule has 0 unspecified atom stereocenters. The lowest BCUT2D eigenvalue weighted by molar-refractivity contribution is 0.0578. The lowest BCUT2D eigenvalue weighted by Crippen LogP contribution is -2.45. The molecular weight excluding hydrogens is 308 g/mol. The van der Waals surface area contributed by atoms with E-state index >= 15 is 0 Å². The molecule has 4 nitrogen and oxygen atoms in total. The number of nitrogens with zero attached hydrogens (tertiary/aromatic N) is 1. The standard InChI is InChI=1S/C14H19BrN2O2/c1-9-8-17(13(18)19-14(2,3)4)12-7-10(15)5-6-11(12)16-9/h5-7,9,16H,8H2,1-4H3/t9-/m1/s1.